The highest BCUT2D eigenvalue weighted by molar-refractivity contribution is 5.92. The number of fused-ring (bicyclic) bond motifs is 1. The quantitative estimate of drug-likeness (QED) is 0.717. The summed E-state index contributed by atoms with van der Waals surface area (Å²) in [5, 5.41) is 8.26. The fourth-order valence-corrected chi connectivity index (χ4v) is 3.62. The number of hydrogen-bond acceptors (Lipinski definition) is 4. The molecule has 1 aliphatic rings. The molecular weight excluding hydrogens is 340 g/mol. The Kier molecular flexibility index (Phi) is 4.39. The Hall–Kier alpha value is -3.15. The van der Waals surface area contributed by atoms with E-state index in [-0.39, 0.29) is 11.9 Å². The highest BCUT2D eigenvalue weighted by atomic mass is 16.5. The molecule has 6 nitrogen and oxygen atoms in total. The Morgan fingerprint density at radius 1 is 1.22 bits per heavy atom. The Morgan fingerprint density at radius 2 is 2.07 bits per heavy atom. The molecule has 6 heteroatoms. The minimum atomic E-state index is -0.0946. The van der Waals surface area contributed by atoms with Gasteiger partial charge in [0.15, 0.2) is 5.69 Å². The van der Waals surface area contributed by atoms with Crippen molar-refractivity contribution in [3.8, 4) is 11.4 Å². The Bertz CT molecular complexity index is 995. The zero-order chi connectivity index (χ0) is 19.0. The number of carbonyl (C=O) groups is 1. The number of methoxy groups -OCH3 is 1. The van der Waals surface area contributed by atoms with Crippen LogP contribution in [0.25, 0.3) is 5.69 Å². The van der Waals surface area contributed by atoms with E-state index in [0.717, 1.165) is 29.0 Å². The van der Waals surface area contributed by atoms with E-state index < -0.39 is 0 Å². The fourth-order valence-electron chi connectivity index (χ4n) is 3.62. The SMILES string of the molecule is COc1ccc2c(c1)CCN(C(=O)c1cn(-c3cccc(C)c3)nn1)C2C. The van der Waals surface area contributed by atoms with Crippen molar-refractivity contribution in [2.45, 2.75) is 26.3 Å². The minimum Gasteiger partial charge on any atom is -0.497 e. The van der Waals surface area contributed by atoms with Crippen LogP contribution in [0.5, 0.6) is 5.75 Å². The molecule has 3 aromatic rings. The van der Waals surface area contributed by atoms with E-state index in [9.17, 15) is 4.79 Å². The van der Waals surface area contributed by atoms with E-state index >= 15 is 0 Å². The molecule has 0 radical (unpaired) electrons. The maximum atomic E-state index is 13.0. The summed E-state index contributed by atoms with van der Waals surface area (Å²) in [6.07, 6.45) is 2.50. The zero-order valence-electron chi connectivity index (χ0n) is 15.7. The zero-order valence-corrected chi connectivity index (χ0v) is 15.7. The molecule has 0 spiro atoms. The number of nitrogens with zero attached hydrogens (tertiary/aromatic N) is 4. The third kappa shape index (κ3) is 3.18. The molecule has 0 saturated carbocycles. The summed E-state index contributed by atoms with van der Waals surface area (Å²) in [5.74, 6) is 0.754. The molecule has 1 atom stereocenters. The fraction of sp³-hybridized carbons (Fsp3) is 0.286. The normalized spacial score (nSPS) is 16.1. The second kappa shape index (κ2) is 6.87. The van der Waals surface area contributed by atoms with Gasteiger partial charge in [-0.05, 0) is 61.2 Å². The first kappa shape index (κ1) is 17.3. The number of hydrogen-bond donors (Lipinski definition) is 0. The van der Waals surface area contributed by atoms with Gasteiger partial charge in [-0.2, -0.15) is 0 Å². The molecule has 0 aliphatic carbocycles. The Morgan fingerprint density at radius 3 is 2.85 bits per heavy atom. The summed E-state index contributed by atoms with van der Waals surface area (Å²) in [5.41, 5.74) is 4.77. The van der Waals surface area contributed by atoms with Crippen LogP contribution in [0, 0.1) is 6.92 Å². The molecule has 1 amide bonds. The number of carbonyl (C=O) groups excluding carboxylic acids is 1. The molecule has 0 bridgehead atoms. The molecule has 27 heavy (non-hydrogen) atoms. The summed E-state index contributed by atoms with van der Waals surface area (Å²) in [6.45, 7) is 4.72. The monoisotopic (exact) mass is 362 g/mol. The van der Waals surface area contributed by atoms with Crippen LogP contribution in [0.1, 0.15) is 40.1 Å². The minimum absolute atomic E-state index is 0.0173. The number of rotatable bonds is 3. The van der Waals surface area contributed by atoms with Crippen LogP contribution >= 0.6 is 0 Å². The van der Waals surface area contributed by atoms with Crippen molar-refractivity contribution in [2.75, 3.05) is 13.7 Å². The summed E-state index contributed by atoms with van der Waals surface area (Å²) in [7, 11) is 1.67. The van der Waals surface area contributed by atoms with E-state index in [4.69, 9.17) is 4.74 Å². The first-order valence-electron chi connectivity index (χ1n) is 9.04. The van der Waals surface area contributed by atoms with Gasteiger partial charge in [0.1, 0.15) is 5.75 Å². The van der Waals surface area contributed by atoms with Gasteiger partial charge >= 0.3 is 0 Å². The average molecular weight is 362 g/mol. The predicted octanol–water partition coefficient (Wildman–Crippen LogP) is 3.34. The van der Waals surface area contributed by atoms with E-state index in [2.05, 4.69) is 16.4 Å². The second-order valence-electron chi connectivity index (χ2n) is 6.88. The molecule has 138 valence electrons. The van der Waals surface area contributed by atoms with Crippen molar-refractivity contribution in [1.29, 1.82) is 0 Å². The van der Waals surface area contributed by atoms with E-state index in [1.54, 1.807) is 18.0 Å². The summed E-state index contributed by atoms with van der Waals surface area (Å²) < 4.78 is 6.96. The molecule has 1 aliphatic heterocycles. The van der Waals surface area contributed by atoms with E-state index in [0.29, 0.717) is 12.2 Å². The lowest BCUT2D eigenvalue weighted by molar-refractivity contribution is 0.0671. The van der Waals surface area contributed by atoms with Gasteiger partial charge in [0.2, 0.25) is 0 Å². The van der Waals surface area contributed by atoms with Gasteiger partial charge in [-0.25, -0.2) is 4.68 Å². The number of amides is 1. The average Bonchev–Trinajstić information content (AvgIpc) is 3.18. The van der Waals surface area contributed by atoms with Gasteiger partial charge in [-0.3, -0.25) is 4.79 Å². The maximum Gasteiger partial charge on any atom is 0.276 e. The molecule has 1 unspecified atom stereocenters. The van der Waals surface area contributed by atoms with Crippen LogP contribution in [0.4, 0.5) is 0 Å². The van der Waals surface area contributed by atoms with Crippen molar-refractivity contribution in [1.82, 2.24) is 19.9 Å². The molecule has 0 saturated heterocycles. The van der Waals surface area contributed by atoms with Gasteiger partial charge in [0, 0.05) is 6.54 Å². The molecule has 2 heterocycles. The largest absolute Gasteiger partial charge is 0.497 e. The Labute approximate surface area is 158 Å². The van der Waals surface area contributed by atoms with E-state index in [1.165, 1.54) is 5.56 Å². The first-order valence-corrected chi connectivity index (χ1v) is 9.04. The van der Waals surface area contributed by atoms with Crippen LogP contribution in [0.3, 0.4) is 0 Å². The molecule has 2 aromatic carbocycles. The van der Waals surface area contributed by atoms with Crippen molar-refractivity contribution in [3.05, 3.63) is 71.0 Å². The molecule has 1 aromatic heterocycles. The third-order valence-electron chi connectivity index (χ3n) is 5.13. The lowest BCUT2D eigenvalue weighted by Gasteiger charge is -2.35. The van der Waals surface area contributed by atoms with Gasteiger partial charge in [-0.15, -0.1) is 5.10 Å². The second-order valence-corrected chi connectivity index (χ2v) is 6.88. The van der Waals surface area contributed by atoms with Gasteiger partial charge in [0.25, 0.3) is 5.91 Å². The number of aromatic nitrogens is 3. The highest BCUT2D eigenvalue weighted by Gasteiger charge is 2.30. The van der Waals surface area contributed by atoms with Crippen molar-refractivity contribution in [2.24, 2.45) is 0 Å². The van der Waals surface area contributed by atoms with E-state index in [1.807, 2.05) is 55.1 Å². The smallest absolute Gasteiger partial charge is 0.276 e. The number of benzene rings is 2. The number of aryl methyl sites for hydroxylation is 1. The summed E-state index contributed by atoms with van der Waals surface area (Å²) >= 11 is 0. The number of ether oxygens (including phenoxy) is 1. The lowest BCUT2D eigenvalue weighted by atomic mass is 9.93. The predicted molar refractivity (Wildman–Crippen MR) is 102 cm³/mol. The van der Waals surface area contributed by atoms with Crippen LogP contribution in [-0.4, -0.2) is 39.5 Å². The Balaban J connectivity index is 1.58. The van der Waals surface area contributed by atoms with Gasteiger partial charge < -0.3 is 9.64 Å². The van der Waals surface area contributed by atoms with Crippen molar-refractivity contribution < 1.29 is 9.53 Å². The summed E-state index contributed by atoms with van der Waals surface area (Å²) in [6, 6.07) is 14.0. The lowest BCUT2D eigenvalue weighted by Crippen LogP contribution is -2.39. The van der Waals surface area contributed by atoms with Gasteiger partial charge in [-0.1, -0.05) is 23.4 Å². The molecular formula is C21H22N4O2. The van der Waals surface area contributed by atoms with Crippen LogP contribution in [0.15, 0.2) is 48.7 Å². The van der Waals surface area contributed by atoms with Crippen LogP contribution in [0.2, 0.25) is 0 Å². The van der Waals surface area contributed by atoms with Crippen LogP contribution in [-0.2, 0) is 6.42 Å². The third-order valence-corrected chi connectivity index (χ3v) is 5.13. The standard InChI is InChI=1S/C21H22N4O2/c1-14-5-4-6-17(11-14)25-13-20(22-23-25)21(26)24-10-9-16-12-18(27-3)7-8-19(16)15(24)2/h4-8,11-13,15H,9-10H2,1-3H3. The van der Waals surface area contributed by atoms with Crippen LogP contribution < -0.4 is 4.74 Å². The molecule has 0 N–H and O–H groups in total. The van der Waals surface area contributed by atoms with Crippen molar-refractivity contribution in [3.63, 3.8) is 0 Å². The molecule has 4 rings (SSSR count). The highest BCUT2D eigenvalue weighted by Crippen LogP contribution is 2.32. The van der Waals surface area contributed by atoms with Crippen molar-refractivity contribution >= 4 is 5.91 Å². The van der Waals surface area contributed by atoms with Gasteiger partial charge in [0.05, 0.1) is 25.0 Å². The topological polar surface area (TPSA) is 60.2 Å². The first-order chi connectivity index (χ1) is 13.1. The summed E-state index contributed by atoms with van der Waals surface area (Å²) in [4.78, 5) is 14.9. The maximum absolute atomic E-state index is 13.0. The molecule has 0 fully saturated rings.